The minimum absolute atomic E-state index is 0.0966. The molecular formula is C20H34N4O2. The topological polar surface area (TPSA) is 88.7 Å². The van der Waals surface area contributed by atoms with Gasteiger partial charge in [0.25, 0.3) is 5.91 Å². The standard InChI is InChI=1S/C20H34N4O2/c1-4-22-20(23-13-6-5-7-16(2)3)24-14-12-17-8-10-18(11-9-17)26-15-19(21)25/h8-11,16H,4-7,12-15H2,1-3H3,(H2,21,25)(H2,22,23,24). The quantitative estimate of drug-likeness (QED) is 0.303. The predicted molar refractivity (Wildman–Crippen MR) is 108 cm³/mol. The molecule has 146 valence electrons. The molecule has 0 bridgehead atoms. The van der Waals surface area contributed by atoms with Gasteiger partial charge in [-0.25, -0.2) is 0 Å². The van der Waals surface area contributed by atoms with Crippen LogP contribution in [0.1, 0.15) is 45.6 Å². The van der Waals surface area contributed by atoms with E-state index in [0.717, 1.165) is 44.4 Å². The SMILES string of the molecule is CCNC(=NCCCCC(C)C)NCCc1ccc(OCC(N)=O)cc1. The minimum Gasteiger partial charge on any atom is -0.484 e. The molecule has 0 atom stereocenters. The number of hydrogen-bond acceptors (Lipinski definition) is 3. The molecule has 6 nitrogen and oxygen atoms in total. The first-order chi connectivity index (χ1) is 12.5. The number of carbonyl (C=O) groups is 1. The van der Waals surface area contributed by atoms with Gasteiger partial charge in [0.2, 0.25) is 0 Å². The highest BCUT2D eigenvalue weighted by atomic mass is 16.5. The van der Waals surface area contributed by atoms with E-state index in [1.54, 1.807) is 0 Å². The van der Waals surface area contributed by atoms with Crippen molar-refractivity contribution >= 4 is 11.9 Å². The van der Waals surface area contributed by atoms with Crippen LogP contribution in [0.2, 0.25) is 0 Å². The van der Waals surface area contributed by atoms with Crippen LogP contribution in [0.3, 0.4) is 0 Å². The first-order valence-corrected chi connectivity index (χ1v) is 9.53. The van der Waals surface area contributed by atoms with E-state index in [2.05, 4.69) is 36.4 Å². The van der Waals surface area contributed by atoms with Gasteiger partial charge in [0.05, 0.1) is 0 Å². The molecule has 1 amide bonds. The molecule has 1 aromatic rings. The van der Waals surface area contributed by atoms with Crippen molar-refractivity contribution in [2.45, 2.75) is 46.5 Å². The van der Waals surface area contributed by atoms with Gasteiger partial charge in [0.1, 0.15) is 5.75 Å². The molecule has 0 aliphatic carbocycles. The largest absolute Gasteiger partial charge is 0.484 e. The lowest BCUT2D eigenvalue weighted by atomic mass is 10.1. The maximum atomic E-state index is 10.7. The first-order valence-electron chi connectivity index (χ1n) is 9.53. The fraction of sp³-hybridized carbons (Fsp3) is 0.600. The van der Waals surface area contributed by atoms with Crippen LogP contribution < -0.4 is 21.1 Å². The molecule has 26 heavy (non-hydrogen) atoms. The van der Waals surface area contributed by atoms with Crippen molar-refractivity contribution in [2.75, 3.05) is 26.2 Å². The number of benzene rings is 1. The monoisotopic (exact) mass is 362 g/mol. The summed E-state index contributed by atoms with van der Waals surface area (Å²) in [5.41, 5.74) is 6.26. The Morgan fingerprint density at radius 2 is 1.92 bits per heavy atom. The number of primary amides is 1. The van der Waals surface area contributed by atoms with Gasteiger partial charge in [-0.3, -0.25) is 9.79 Å². The van der Waals surface area contributed by atoms with E-state index in [4.69, 9.17) is 10.5 Å². The summed E-state index contributed by atoms with van der Waals surface area (Å²) in [5.74, 6) is 1.81. The molecule has 0 fully saturated rings. The Balaban J connectivity index is 2.33. The molecule has 1 aromatic carbocycles. The van der Waals surface area contributed by atoms with Crippen LogP contribution in [0, 0.1) is 5.92 Å². The second kappa shape index (κ2) is 13.0. The van der Waals surface area contributed by atoms with Crippen molar-refractivity contribution in [3.05, 3.63) is 29.8 Å². The molecule has 0 unspecified atom stereocenters. The number of nitrogens with one attached hydrogen (secondary N) is 2. The Labute approximate surface area is 157 Å². The molecule has 0 aliphatic heterocycles. The van der Waals surface area contributed by atoms with Gasteiger partial charge in [-0.15, -0.1) is 0 Å². The van der Waals surface area contributed by atoms with Crippen LogP contribution in [0.15, 0.2) is 29.3 Å². The molecule has 0 radical (unpaired) electrons. The van der Waals surface area contributed by atoms with Crippen LogP contribution in [-0.4, -0.2) is 38.1 Å². The number of aliphatic imine (C=N–C) groups is 1. The molecule has 1 rings (SSSR count). The van der Waals surface area contributed by atoms with E-state index in [1.807, 2.05) is 24.3 Å². The summed E-state index contributed by atoms with van der Waals surface area (Å²) in [6, 6.07) is 7.69. The molecular weight excluding hydrogens is 328 g/mol. The number of nitrogens with zero attached hydrogens (tertiary/aromatic N) is 1. The predicted octanol–water partition coefficient (Wildman–Crippen LogP) is 2.47. The Bertz CT molecular complexity index is 541. The normalized spacial score (nSPS) is 11.5. The van der Waals surface area contributed by atoms with E-state index in [9.17, 15) is 4.79 Å². The Morgan fingerprint density at radius 3 is 2.54 bits per heavy atom. The van der Waals surface area contributed by atoms with E-state index in [-0.39, 0.29) is 6.61 Å². The van der Waals surface area contributed by atoms with Gasteiger partial charge in [-0.2, -0.15) is 0 Å². The van der Waals surface area contributed by atoms with Gasteiger partial charge in [-0.1, -0.05) is 38.8 Å². The summed E-state index contributed by atoms with van der Waals surface area (Å²) in [5, 5.41) is 6.65. The van der Waals surface area contributed by atoms with E-state index in [1.165, 1.54) is 18.4 Å². The molecule has 0 saturated heterocycles. The van der Waals surface area contributed by atoms with E-state index < -0.39 is 5.91 Å². The Morgan fingerprint density at radius 1 is 1.19 bits per heavy atom. The fourth-order valence-corrected chi connectivity index (χ4v) is 2.43. The summed E-state index contributed by atoms with van der Waals surface area (Å²) in [6.45, 7) is 8.99. The van der Waals surface area contributed by atoms with Gasteiger partial charge >= 0.3 is 0 Å². The number of nitrogens with two attached hydrogens (primary N) is 1. The van der Waals surface area contributed by atoms with Crippen molar-refractivity contribution in [2.24, 2.45) is 16.6 Å². The summed E-state index contributed by atoms with van der Waals surface area (Å²) >= 11 is 0. The number of carbonyl (C=O) groups excluding carboxylic acids is 1. The zero-order valence-electron chi connectivity index (χ0n) is 16.4. The van der Waals surface area contributed by atoms with E-state index in [0.29, 0.717) is 5.75 Å². The molecule has 6 heteroatoms. The molecule has 4 N–H and O–H groups in total. The van der Waals surface area contributed by atoms with Crippen molar-refractivity contribution in [3.63, 3.8) is 0 Å². The zero-order valence-corrected chi connectivity index (χ0v) is 16.4. The number of amides is 1. The molecule has 0 spiro atoms. The van der Waals surface area contributed by atoms with Crippen LogP contribution in [-0.2, 0) is 11.2 Å². The average Bonchev–Trinajstić information content (AvgIpc) is 2.60. The lowest BCUT2D eigenvalue weighted by molar-refractivity contribution is -0.119. The summed E-state index contributed by atoms with van der Waals surface area (Å²) in [6.07, 6.45) is 4.50. The number of hydrogen-bond donors (Lipinski definition) is 3. The maximum absolute atomic E-state index is 10.7. The zero-order chi connectivity index (χ0) is 19.2. The van der Waals surface area contributed by atoms with Crippen LogP contribution in [0.4, 0.5) is 0 Å². The van der Waals surface area contributed by atoms with Crippen LogP contribution >= 0.6 is 0 Å². The average molecular weight is 363 g/mol. The summed E-state index contributed by atoms with van der Waals surface area (Å²) in [7, 11) is 0. The Hall–Kier alpha value is -2.24. The van der Waals surface area contributed by atoms with Gasteiger partial charge in [0, 0.05) is 19.6 Å². The third-order valence-electron chi connectivity index (χ3n) is 3.81. The third kappa shape index (κ3) is 10.6. The maximum Gasteiger partial charge on any atom is 0.255 e. The van der Waals surface area contributed by atoms with E-state index >= 15 is 0 Å². The van der Waals surface area contributed by atoms with Crippen molar-refractivity contribution in [1.29, 1.82) is 0 Å². The summed E-state index contributed by atoms with van der Waals surface area (Å²) < 4.78 is 5.26. The number of ether oxygens (including phenoxy) is 1. The molecule has 0 aliphatic rings. The minimum atomic E-state index is -0.474. The van der Waals surface area contributed by atoms with Gasteiger partial charge in [-0.05, 0) is 43.4 Å². The van der Waals surface area contributed by atoms with Crippen LogP contribution in [0.25, 0.3) is 0 Å². The van der Waals surface area contributed by atoms with Gasteiger partial charge < -0.3 is 21.1 Å². The van der Waals surface area contributed by atoms with Crippen LogP contribution in [0.5, 0.6) is 5.75 Å². The third-order valence-corrected chi connectivity index (χ3v) is 3.81. The van der Waals surface area contributed by atoms with Crippen molar-refractivity contribution in [1.82, 2.24) is 10.6 Å². The molecule has 0 aromatic heterocycles. The summed E-state index contributed by atoms with van der Waals surface area (Å²) in [4.78, 5) is 15.3. The lowest BCUT2D eigenvalue weighted by Crippen LogP contribution is -2.38. The lowest BCUT2D eigenvalue weighted by Gasteiger charge is -2.12. The number of unbranched alkanes of at least 4 members (excludes halogenated alkanes) is 1. The molecule has 0 heterocycles. The number of guanidine groups is 1. The Kier molecular flexibility index (Phi) is 10.9. The van der Waals surface area contributed by atoms with Crippen molar-refractivity contribution in [3.8, 4) is 5.75 Å². The highest BCUT2D eigenvalue weighted by Gasteiger charge is 2.01. The fourth-order valence-electron chi connectivity index (χ4n) is 2.43. The highest BCUT2D eigenvalue weighted by molar-refractivity contribution is 5.79. The second-order valence-electron chi connectivity index (χ2n) is 6.73. The highest BCUT2D eigenvalue weighted by Crippen LogP contribution is 2.12. The second-order valence-corrected chi connectivity index (χ2v) is 6.73. The smallest absolute Gasteiger partial charge is 0.255 e. The van der Waals surface area contributed by atoms with Gasteiger partial charge in [0.15, 0.2) is 12.6 Å². The molecule has 0 saturated carbocycles. The first kappa shape index (κ1) is 21.8. The van der Waals surface area contributed by atoms with Crippen molar-refractivity contribution < 1.29 is 9.53 Å². The number of rotatable bonds is 12.